The second kappa shape index (κ2) is 10.3. The van der Waals surface area contributed by atoms with Gasteiger partial charge in [-0.2, -0.15) is 0 Å². The Hall–Kier alpha value is -1.95. The van der Waals surface area contributed by atoms with Gasteiger partial charge in [0.2, 0.25) is 16.4 Å². The Morgan fingerprint density at radius 1 is 1.18 bits per heavy atom. The summed E-state index contributed by atoms with van der Waals surface area (Å²) < 4.78 is 57.7. The van der Waals surface area contributed by atoms with E-state index in [4.69, 9.17) is 27.6 Å². The Morgan fingerprint density at radius 2 is 1.85 bits per heavy atom. The van der Waals surface area contributed by atoms with E-state index < -0.39 is 28.8 Å². The van der Waals surface area contributed by atoms with Gasteiger partial charge in [0.25, 0.3) is 0 Å². The number of pyridine rings is 1. The molecule has 4 aromatic rings. The number of halogens is 4. The number of benzene rings is 2. The van der Waals surface area contributed by atoms with Crippen LogP contribution in [0.1, 0.15) is 15.9 Å². The summed E-state index contributed by atoms with van der Waals surface area (Å²) in [7, 11) is -3.58. The van der Waals surface area contributed by atoms with Crippen molar-refractivity contribution >= 4 is 72.4 Å². The number of rotatable bonds is 6. The number of sulfonamides is 1. The maximum Gasteiger partial charge on any atom is 1.00 e. The molecule has 1 amide bonds. The third-order valence-corrected chi connectivity index (χ3v) is 5.81. The molecule has 2 heterocycles. The fourth-order valence-corrected chi connectivity index (χ4v) is 4.39. The molecule has 0 saturated carbocycles. The third-order valence-electron chi connectivity index (χ3n) is 4.65. The van der Waals surface area contributed by atoms with Crippen LogP contribution in [-0.4, -0.2) is 32.0 Å². The molecule has 7 nitrogen and oxygen atoms in total. The summed E-state index contributed by atoms with van der Waals surface area (Å²) in [6, 6.07) is 7.13. The molecule has 34 heavy (non-hydrogen) atoms. The second-order valence-corrected chi connectivity index (χ2v) is 9.69. The minimum absolute atomic E-state index is 0. The first-order valence-electron chi connectivity index (χ1n) is 9.32. The number of fused-ring (bicyclic) bond motifs is 3. The van der Waals surface area contributed by atoms with Crippen molar-refractivity contribution < 1.29 is 56.0 Å². The molecule has 0 unspecified atom stereocenters. The number of nitrogens with one attached hydrogen (secondary N) is 1. The smallest absolute Gasteiger partial charge is 0.620 e. The van der Waals surface area contributed by atoms with Crippen molar-refractivity contribution in [2.45, 2.75) is 12.8 Å². The average Bonchev–Trinajstić information content (AvgIpc) is 3.09. The maximum atomic E-state index is 13.2. The molecular formula is C21H14Cl2F2N3NaO4S. The number of carbonyl (C=O) groups excluding carboxylic acids is 1. The molecule has 0 bridgehead atoms. The molecule has 0 radical (unpaired) electrons. The summed E-state index contributed by atoms with van der Waals surface area (Å²) in [6.07, 6.45) is 0.290. The zero-order valence-corrected chi connectivity index (χ0v) is 22.1. The number of aromatic nitrogens is 1. The average molecular weight is 536 g/mol. The van der Waals surface area contributed by atoms with Gasteiger partial charge < -0.3 is 14.5 Å². The molecule has 2 aromatic heterocycles. The first kappa shape index (κ1) is 26.7. The van der Waals surface area contributed by atoms with Crippen LogP contribution in [0.25, 0.3) is 27.3 Å². The molecule has 0 aliphatic heterocycles. The zero-order valence-electron chi connectivity index (χ0n) is 17.8. The van der Waals surface area contributed by atoms with Crippen LogP contribution in [0.2, 0.25) is 10.0 Å². The number of amides is 1. The Balaban J connectivity index is 0.00000324. The minimum atomic E-state index is -3.58. The second-order valence-electron chi connectivity index (χ2n) is 7.13. The Bertz CT molecular complexity index is 1490. The molecule has 13 heteroatoms. The van der Waals surface area contributed by atoms with Crippen LogP contribution in [0.3, 0.4) is 0 Å². The molecular weight excluding hydrogens is 522 g/mol. The van der Waals surface area contributed by atoms with E-state index in [2.05, 4.69) is 15.0 Å². The summed E-state index contributed by atoms with van der Waals surface area (Å²) in [5.74, 6) is -0.747. The van der Waals surface area contributed by atoms with Gasteiger partial charge in [-0.05, 0) is 18.2 Å². The van der Waals surface area contributed by atoms with Gasteiger partial charge >= 0.3 is 29.6 Å². The van der Waals surface area contributed by atoms with Crippen molar-refractivity contribution in [2.24, 2.45) is 0 Å². The van der Waals surface area contributed by atoms with Gasteiger partial charge in [-0.25, -0.2) is 17.2 Å². The first-order chi connectivity index (χ1) is 15.5. The van der Waals surface area contributed by atoms with Crippen LogP contribution in [0.4, 0.5) is 20.2 Å². The van der Waals surface area contributed by atoms with Crippen molar-refractivity contribution in [1.29, 1.82) is 0 Å². The van der Waals surface area contributed by atoms with E-state index in [1.54, 1.807) is 0 Å². The SMILES string of the molecule is CS(=O)(=O)Nc1ccc2oc3c(CC(F)F)ccc(C(=O)[N-]c4c(Cl)cncc4Cl)c3c2c1.[Na+]. The third kappa shape index (κ3) is 5.64. The van der Waals surface area contributed by atoms with Crippen LogP contribution >= 0.6 is 23.2 Å². The van der Waals surface area contributed by atoms with Crippen LogP contribution in [-0.2, 0) is 16.4 Å². The molecule has 2 aromatic carbocycles. The molecule has 0 atom stereocenters. The van der Waals surface area contributed by atoms with E-state index in [1.165, 1.54) is 42.7 Å². The molecule has 0 fully saturated rings. The number of anilines is 1. The summed E-state index contributed by atoms with van der Waals surface area (Å²) in [4.78, 5) is 16.9. The van der Waals surface area contributed by atoms with Crippen LogP contribution in [0.15, 0.2) is 47.1 Å². The molecule has 1 N–H and O–H groups in total. The van der Waals surface area contributed by atoms with Gasteiger partial charge in [-0.15, -0.1) is 0 Å². The Kier molecular flexibility index (Phi) is 8.11. The zero-order chi connectivity index (χ0) is 23.9. The number of hydrogen-bond acceptors (Lipinski definition) is 5. The predicted molar refractivity (Wildman–Crippen MR) is 124 cm³/mol. The van der Waals surface area contributed by atoms with E-state index in [0.29, 0.717) is 5.39 Å². The van der Waals surface area contributed by atoms with Crippen LogP contribution < -0.4 is 34.3 Å². The van der Waals surface area contributed by atoms with E-state index in [1.807, 2.05) is 0 Å². The van der Waals surface area contributed by atoms with Gasteiger partial charge in [0.05, 0.1) is 12.2 Å². The monoisotopic (exact) mass is 535 g/mol. The van der Waals surface area contributed by atoms with Crippen molar-refractivity contribution in [1.82, 2.24) is 4.98 Å². The number of alkyl halides is 2. The molecule has 0 saturated heterocycles. The minimum Gasteiger partial charge on any atom is -0.620 e. The fraction of sp³-hybridized carbons (Fsp3) is 0.143. The van der Waals surface area contributed by atoms with Crippen molar-refractivity contribution in [3.8, 4) is 0 Å². The quantitative estimate of drug-likeness (QED) is 0.381. The van der Waals surface area contributed by atoms with E-state index >= 15 is 0 Å². The topological polar surface area (TPSA) is 103 Å². The largest absolute Gasteiger partial charge is 1.00 e. The summed E-state index contributed by atoms with van der Waals surface area (Å²) >= 11 is 12.1. The van der Waals surface area contributed by atoms with E-state index in [-0.39, 0.29) is 78.7 Å². The standard InChI is InChI=1S/C21H15Cl2F2N3O4S.Na/c1-33(30,31)28-11-3-5-16-13(7-11)18-12(4-2-10(6-17(24)25)20(18)32-16)21(29)27-19-14(22)8-26-9-15(19)23;/h2-5,7-9,17,28H,6H2,1H3,(H,26,27,29);/q;+1/p-1. The van der Waals surface area contributed by atoms with E-state index in [9.17, 15) is 22.0 Å². The van der Waals surface area contributed by atoms with Gasteiger partial charge in [0, 0.05) is 56.4 Å². The first-order valence-corrected chi connectivity index (χ1v) is 12.0. The van der Waals surface area contributed by atoms with Crippen molar-refractivity contribution in [3.05, 3.63) is 69.2 Å². The van der Waals surface area contributed by atoms with Crippen molar-refractivity contribution in [3.63, 3.8) is 0 Å². The van der Waals surface area contributed by atoms with Crippen LogP contribution in [0.5, 0.6) is 0 Å². The van der Waals surface area contributed by atoms with Crippen molar-refractivity contribution in [2.75, 3.05) is 11.0 Å². The van der Waals surface area contributed by atoms with E-state index in [0.717, 1.165) is 6.26 Å². The van der Waals surface area contributed by atoms with Gasteiger partial charge in [-0.3, -0.25) is 9.71 Å². The normalized spacial score (nSPS) is 11.6. The summed E-state index contributed by atoms with van der Waals surface area (Å²) in [5, 5.41) is 4.67. The van der Waals surface area contributed by atoms with Gasteiger partial charge in [-0.1, -0.05) is 41.0 Å². The van der Waals surface area contributed by atoms with Gasteiger partial charge in [0.1, 0.15) is 11.2 Å². The predicted octanol–water partition coefficient (Wildman–Crippen LogP) is 3.32. The van der Waals surface area contributed by atoms with Crippen LogP contribution in [0, 0.1) is 0 Å². The molecule has 0 spiro atoms. The number of furan rings is 1. The summed E-state index contributed by atoms with van der Waals surface area (Å²) in [5.41, 5.74) is 0.806. The molecule has 0 aliphatic carbocycles. The molecule has 4 rings (SSSR count). The number of nitrogens with zero attached hydrogens (tertiary/aromatic N) is 2. The number of hydrogen-bond donors (Lipinski definition) is 1. The Labute approximate surface area is 225 Å². The maximum absolute atomic E-state index is 13.2. The molecule has 172 valence electrons. The fourth-order valence-electron chi connectivity index (χ4n) is 3.39. The molecule has 0 aliphatic rings. The summed E-state index contributed by atoms with van der Waals surface area (Å²) in [6.45, 7) is 0. The Morgan fingerprint density at radius 3 is 2.47 bits per heavy atom. The number of carbonyl (C=O) groups is 1. The van der Waals surface area contributed by atoms with Gasteiger partial charge in [0.15, 0.2) is 0 Å².